The summed E-state index contributed by atoms with van der Waals surface area (Å²) in [4.78, 5) is 1.00. The maximum atomic E-state index is 11.5. The Morgan fingerprint density at radius 1 is 1.33 bits per heavy atom. The molecule has 0 aliphatic heterocycles. The van der Waals surface area contributed by atoms with Gasteiger partial charge in [-0.05, 0) is 31.0 Å². The number of aliphatic hydroxyl groups is 1. The summed E-state index contributed by atoms with van der Waals surface area (Å²) < 4.78 is 23.1. The Balaban J connectivity index is 2.52. The maximum Gasteiger partial charge on any atom is 0.151 e. The van der Waals surface area contributed by atoms with E-state index in [0.717, 1.165) is 10.5 Å². The number of rotatable bonds is 7. The number of sulfone groups is 1. The van der Waals surface area contributed by atoms with Gasteiger partial charge in [-0.25, -0.2) is 8.42 Å². The Labute approximate surface area is 114 Å². The molecule has 0 spiro atoms. The smallest absolute Gasteiger partial charge is 0.151 e. The molecule has 18 heavy (non-hydrogen) atoms. The van der Waals surface area contributed by atoms with Crippen molar-refractivity contribution in [1.82, 2.24) is 0 Å². The van der Waals surface area contributed by atoms with Gasteiger partial charge in [0.2, 0.25) is 0 Å². The third kappa shape index (κ3) is 5.42. The van der Waals surface area contributed by atoms with Gasteiger partial charge in [0.15, 0.2) is 9.84 Å². The third-order valence-electron chi connectivity index (χ3n) is 2.52. The van der Waals surface area contributed by atoms with Gasteiger partial charge in [-0.1, -0.05) is 19.1 Å². The molecule has 0 amide bonds. The highest BCUT2D eigenvalue weighted by molar-refractivity contribution is 8.00. The zero-order chi connectivity index (χ0) is 13.6. The van der Waals surface area contributed by atoms with E-state index >= 15 is 0 Å². The first-order valence-electron chi connectivity index (χ1n) is 6.06. The minimum Gasteiger partial charge on any atom is -0.389 e. The largest absolute Gasteiger partial charge is 0.389 e. The van der Waals surface area contributed by atoms with Crippen LogP contribution in [0.2, 0.25) is 0 Å². The Morgan fingerprint density at radius 2 is 2.06 bits per heavy atom. The van der Waals surface area contributed by atoms with Crippen molar-refractivity contribution in [2.45, 2.75) is 31.3 Å². The second-order valence-corrected chi connectivity index (χ2v) is 7.72. The van der Waals surface area contributed by atoms with Crippen molar-refractivity contribution in [3.8, 4) is 0 Å². The molecule has 5 heteroatoms. The van der Waals surface area contributed by atoms with Crippen molar-refractivity contribution < 1.29 is 13.5 Å². The molecule has 3 nitrogen and oxygen atoms in total. The molecule has 1 aromatic rings. The zero-order valence-electron chi connectivity index (χ0n) is 10.8. The lowest BCUT2D eigenvalue weighted by molar-refractivity contribution is 0.199. The van der Waals surface area contributed by atoms with Gasteiger partial charge >= 0.3 is 0 Å². The van der Waals surface area contributed by atoms with Gasteiger partial charge in [-0.15, -0.1) is 11.8 Å². The molecule has 1 unspecified atom stereocenters. The normalized spacial score (nSPS) is 13.5. The summed E-state index contributed by atoms with van der Waals surface area (Å²) in [6.45, 7) is 3.59. The van der Waals surface area contributed by atoms with Crippen molar-refractivity contribution in [1.29, 1.82) is 0 Å². The molecule has 1 N–H and O–H groups in total. The van der Waals surface area contributed by atoms with Gasteiger partial charge in [0.1, 0.15) is 0 Å². The van der Waals surface area contributed by atoms with E-state index in [1.165, 1.54) is 11.8 Å². The quantitative estimate of drug-likeness (QED) is 0.784. The molecular weight excluding hydrogens is 268 g/mol. The molecule has 0 bridgehead atoms. The van der Waals surface area contributed by atoms with Crippen molar-refractivity contribution >= 4 is 21.6 Å². The minimum atomic E-state index is -2.90. The maximum absolute atomic E-state index is 11.5. The lowest BCUT2D eigenvalue weighted by atomic mass is 10.1. The number of benzene rings is 1. The highest BCUT2D eigenvalue weighted by atomic mass is 32.2. The van der Waals surface area contributed by atoms with E-state index in [4.69, 9.17) is 0 Å². The second-order valence-electron chi connectivity index (χ2n) is 4.25. The Bertz CT molecular complexity index is 467. The van der Waals surface area contributed by atoms with Crippen molar-refractivity contribution in [3.05, 3.63) is 29.8 Å². The highest BCUT2D eigenvalue weighted by Gasteiger charge is 2.09. The molecule has 1 aromatic carbocycles. The second kappa shape index (κ2) is 7.16. The lowest BCUT2D eigenvalue weighted by Gasteiger charge is -2.07. The monoisotopic (exact) mass is 288 g/mol. The zero-order valence-corrected chi connectivity index (χ0v) is 12.4. The number of aliphatic hydroxyl groups excluding tert-OH is 1. The lowest BCUT2D eigenvalue weighted by Crippen LogP contribution is -2.12. The van der Waals surface area contributed by atoms with Gasteiger partial charge in [0.05, 0.1) is 11.9 Å². The van der Waals surface area contributed by atoms with Crippen LogP contribution in [0.3, 0.4) is 0 Å². The molecule has 1 atom stereocenters. The molecule has 102 valence electrons. The van der Waals surface area contributed by atoms with Gasteiger partial charge in [0, 0.05) is 16.4 Å². The van der Waals surface area contributed by atoms with Crippen LogP contribution >= 0.6 is 11.8 Å². The third-order valence-corrected chi connectivity index (χ3v) is 5.63. The van der Waals surface area contributed by atoms with Gasteiger partial charge in [-0.2, -0.15) is 0 Å². The Hall–Kier alpha value is -0.520. The average molecular weight is 288 g/mol. The van der Waals surface area contributed by atoms with Crippen LogP contribution in [-0.4, -0.2) is 30.8 Å². The van der Waals surface area contributed by atoms with E-state index in [1.54, 1.807) is 6.92 Å². The van der Waals surface area contributed by atoms with Crippen LogP contribution in [0.15, 0.2) is 29.2 Å². The molecule has 0 fully saturated rings. The van der Waals surface area contributed by atoms with E-state index in [9.17, 15) is 13.5 Å². The first-order chi connectivity index (χ1) is 8.44. The minimum absolute atomic E-state index is 0.213. The molecule has 0 radical (unpaired) electrons. The summed E-state index contributed by atoms with van der Waals surface area (Å²) in [5.41, 5.74) is 0.858. The molecular formula is C13H20O3S2. The first kappa shape index (κ1) is 15.5. The van der Waals surface area contributed by atoms with Crippen LogP contribution in [0.4, 0.5) is 0 Å². The molecule has 1 rings (SSSR count). The summed E-state index contributed by atoms with van der Waals surface area (Å²) in [7, 11) is -2.90. The van der Waals surface area contributed by atoms with Gasteiger partial charge < -0.3 is 5.11 Å². The van der Waals surface area contributed by atoms with Crippen LogP contribution < -0.4 is 0 Å². The fourth-order valence-corrected chi connectivity index (χ4v) is 4.37. The first-order valence-corrected chi connectivity index (χ1v) is 8.86. The summed E-state index contributed by atoms with van der Waals surface area (Å²) >= 11 is 1.51. The summed E-state index contributed by atoms with van der Waals surface area (Å²) in [6, 6.07) is 7.58. The predicted molar refractivity (Wildman–Crippen MR) is 76.7 cm³/mol. The standard InChI is InChI=1S/C13H20O3S2/c1-3-8-18(15,16)9-7-17-13-6-4-5-12(10-13)11(2)14/h4-6,10-11,14H,3,7-9H2,1-2H3. The molecule has 0 aliphatic rings. The molecule has 0 aromatic heterocycles. The Morgan fingerprint density at radius 3 is 2.67 bits per heavy atom. The van der Waals surface area contributed by atoms with Crippen molar-refractivity contribution in [2.75, 3.05) is 17.3 Å². The summed E-state index contributed by atoms with van der Waals surface area (Å²) in [6.07, 6.45) is 0.180. The average Bonchev–Trinajstić information content (AvgIpc) is 2.29. The number of thioether (sulfide) groups is 1. The van der Waals surface area contributed by atoms with Crippen LogP contribution in [0.25, 0.3) is 0 Å². The van der Waals surface area contributed by atoms with E-state index < -0.39 is 15.9 Å². The fraction of sp³-hybridized carbons (Fsp3) is 0.538. The van der Waals surface area contributed by atoms with E-state index in [0.29, 0.717) is 12.2 Å². The van der Waals surface area contributed by atoms with Crippen LogP contribution in [-0.2, 0) is 9.84 Å². The summed E-state index contributed by atoms with van der Waals surface area (Å²) in [5.74, 6) is 1.04. The number of hydrogen-bond donors (Lipinski definition) is 1. The van der Waals surface area contributed by atoms with Crippen LogP contribution in [0, 0.1) is 0 Å². The van der Waals surface area contributed by atoms with E-state index in [2.05, 4.69) is 0 Å². The van der Waals surface area contributed by atoms with Gasteiger partial charge in [-0.3, -0.25) is 0 Å². The van der Waals surface area contributed by atoms with Crippen molar-refractivity contribution in [2.24, 2.45) is 0 Å². The molecule has 0 saturated heterocycles. The van der Waals surface area contributed by atoms with E-state index in [1.807, 2.05) is 31.2 Å². The Kier molecular flexibility index (Phi) is 6.18. The highest BCUT2D eigenvalue weighted by Crippen LogP contribution is 2.22. The van der Waals surface area contributed by atoms with Crippen LogP contribution in [0.1, 0.15) is 31.9 Å². The fourth-order valence-electron chi connectivity index (χ4n) is 1.56. The molecule has 0 saturated carbocycles. The van der Waals surface area contributed by atoms with E-state index in [-0.39, 0.29) is 11.5 Å². The summed E-state index contributed by atoms with van der Waals surface area (Å²) in [5, 5.41) is 9.47. The van der Waals surface area contributed by atoms with Crippen molar-refractivity contribution in [3.63, 3.8) is 0 Å². The number of hydrogen-bond acceptors (Lipinski definition) is 4. The molecule has 0 heterocycles. The van der Waals surface area contributed by atoms with Crippen LogP contribution in [0.5, 0.6) is 0 Å². The predicted octanol–water partition coefficient (Wildman–Crippen LogP) is 2.66. The molecule has 0 aliphatic carbocycles. The SMILES string of the molecule is CCCS(=O)(=O)CCSc1cccc(C(C)O)c1. The van der Waals surface area contributed by atoms with Gasteiger partial charge in [0.25, 0.3) is 0 Å². The topological polar surface area (TPSA) is 54.4 Å².